The molecule has 6 heteroatoms. The summed E-state index contributed by atoms with van der Waals surface area (Å²) in [5, 5.41) is 6.99. The first-order valence-electron chi connectivity index (χ1n) is 7.55. The van der Waals surface area contributed by atoms with Crippen LogP contribution < -0.4 is 10.6 Å². The van der Waals surface area contributed by atoms with Crippen molar-refractivity contribution in [1.29, 1.82) is 0 Å². The van der Waals surface area contributed by atoms with Gasteiger partial charge in [-0.1, -0.05) is 25.7 Å². The van der Waals surface area contributed by atoms with Crippen LogP contribution in [0.5, 0.6) is 0 Å². The fourth-order valence-corrected chi connectivity index (χ4v) is 2.84. The van der Waals surface area contributed by atoms with E-state index in [0.29, 0.717) is 11.7 Å². The second kappa shape index (κ2) is 6.65. The van der Waals surface area contributed by atoms with E-state index in [-0.39, 0.29) is 0 Å². The normalized spacial score (nSPS) is 17.2. The number of hydrogen-bond donors (Lipinski definition) is 3. The van der Waals surface area contributed by atoms with E-state index in [9.17, 15) is 0 Å². The van der Waals surface area contributed by atoms with Crippen LogP contribution in [0.3, 0.4) is 0 Å². The topological polar surface area (TPSA) is 78.5 Å². The number of hydrogen-bond acceptors (Lipinski definition) is 5. The number of aromatic nitrogens is 4. The first kappa shape index (κ1) is 13.3. The third-order valence-electron chi connectivity index (χ3n) is 3.93. The lowest BCUT2D eigenvalue weighted by molar-refractivity contribution is 0.468. The zero-order valence-corrected chi connectivity index (χ0v) is 11.7. The number of imidazole rings is 1. The zero-order valence-electron chi connectivity index (χ0n) is 11.7. The molecule has 108 valence electrons. The largest absolute Gasteiger partial charge is 0.367 e. The summed E-state index contributed by atoms with van der Waals surface area (Å²) < 4.78 is 0. The second-order valence-corrected chi connectivity index (χ2v) is 5.39. The molecule has 1 aliphatic rings. The van der Waals surface area contributed by atoms with Crippen LogP contribution >= 0.6 is 0 Å². The van der Waals surface area contributed by atoms with Gasteiger partial charge >= 0.3 is 0 Å². The van der Waals surface area contributed by atoms with Crippen LogP contribution in [-0.2, 0) is 0 Å². The molecular weight excluding hydrogens is 252 g/mol. The predicted molar refractivity (Wildman–Crippen MR) is 79.7 cm³/mol. The summed E-state index contributed by atoms with van der Waals surface area (Å²) in [7, 11) is 0. The van der Waals surface area contributed by atoms with E-state index in [1.807, 2.05) is 0 Å². The molecule has 2 aromatic rings. The van der Waals surface area contributed by atoms with Gasteiger partial charge in [-0.2, -0.15) is 0 Å². The summed E-state index contributed by atoms with van der Waals surface area (Å²) >= 11 is 0. The summed E-state index contributed by atoms with van der Waals surface area (Å²) in [6.45, 7) is 1.83. The molecule has 0 aromatic carbocycles. The molecule has 6 nitrogen and oxygen atoms in total. The van der Waals surface area contributed by atoms with Crippen molar-refractivity contribution in [1.82, 2.24) is 25.3 Å². The zero-order chi connectivity index (χ0) is 13.6. The van der Waals surface area contributed by atoms with E-state index in [2.05, 4.69) is 30.6 Å². The molecule has 2 heterocycles. The molecule has 0 spiro atoms. The van der Waals surface area contributed by atoms with Gasteiger partial charge < -0.3 is 15.6 Å². The molecule has 0 bridgehead atoms. The fourth-order valence-electron chi connectivity index (χ4n) is 2.84. The lowest BCUT2D eigenvalue weighted by Gasteiger charge is -2.16. The van der Waals surface area contributed by atoms with E-state index >= 15 is 0 Å². The van der Waals surface area contributed by atoms with Crippen molar-refractivity contribution in [2.75, 3.05) is 18.4 Å². The summed E-state index contributed by atoms with van der Waals surface area (Å²) in [4.78, 5) is 15.6. The molecule has 0 atom stereocenters. The number of anilines is 1. The minimum absolute atomic E-state index is 0.692. The molecule has 1 saturated carbocycles. The van der Waals surface area contributed by atoms with Gasteiger partial charge in [0.05, 0.1) is 6.33 Å². The van der Waals surface area contributed by atoms with E-state index < -0.39 is 0 Å². The molecule has 0 amide bonds. The quantitative estimate of drug-likeness (QED) is 0.574. The standard InChI is InChI=1S/C14H22N6/c1-2-4-6-11(5-3-1)15-7-8-16-13-12-14(18-9-17-12)20-10-19-13/h9-11,15H,1-8H2,(H2,16,17,18,19,20). The monoisotopic (exact) mass is 274 g/mol. The molecule has 3 N–H and O–H groups in total. The summed E-state index contributed by atoms with van der Waals surface area (Å²) in [5.41, 5.74) is 1.58. The Hall–Kier alpha value is -1.69. The van der Waals surface area contributed by atoms with Gasteiger partial charge in [0, 0.05) is 19.1 Å². The summed E-state index contributed by atoms with van der Waals surface area (Å²) in [6.07, 6.45) is 11.4. The Bertz CT molecular complexity index is 529. The van der Waals surface area contributed by atoms with Crippen molar-refractivity contribution in [3.8, 4) is 0 Å². The maximum Gasteiger partial charge on any atom is 0.182 e. The summed E-state index contributed by atoms with van der Waals surface area (Å²) in [5.74, 6) is 0.829. The smallest absolute Gasteiger partial charge is 0.182 e. The number of rotatable bonds is 5. The number of H-pyrrole nitrogens is 1. The predicted octanol–water partition coefficient (Wildman–Crippen LogP) is 2.08. The number of nitrogens with zero attached hydrogens (tertiary/aromatic N) is 3. The number of fused-ring (bicyclic) bond motifs is 1. The first-order valence-corrected chi connectivity index (χ1v) is 7.55. The molecule has 1 aliphatic carbocycles. The Kier molecular flexibility index (Phi) is 4.42. The van der Waals surface area contributed by atoms with Crippen molar-refractivity contribution in [3.05, 3.63) is 12.7 Å². The molecule has 1 fully saturated rings. The lowest BCUT2D eigenvalue weighted by Crippen LogP contribution is -2.32. The van der Waals surface area contributed by atoms with Gasteiger partial charge in [-0.15, -0.1) is 0 Å². The van der Waals surface area contributed by atoms with Gasteiger partial charge in [-0.05, 0) is 12.8 Å². The van der Waals surface area contributed by atoms with Gasteiger partial charge in [0.15, 0.2) is 11.5 Å². The van der Waals surface area contributed by atoms with Crippen LogP contribution in [-0.4, -0.2) is 39.1 Å². The molecule has 0 unspecified atom stereocenters. The van der Waals surface area contributed by atoms with Crippen LogP contribution in [0.15, 0.2) is 12.7 Å². The van der Waals surface area contributed by atoms with Crippen LogP contribution in [0.25, 0.3) is 11.2 Å². The average Bonchev–Trinajstić information content (AvgIpc) is 2.81. The van der Waals surface area contributed by atoms with Crippen molar-refractivity contribution >= 4 is 17.0 Å². The number of nitrogens with one attached hydrogen (secondary N) is 3. The highest BCUT2D eigenvalue weighted by molar-refractivity contribution is 5.81. The van der Waals surface area contributed by atoms with Crippen LogP contribution in [0.1, 0.15) is 38.5 Å². The summed E-state index contributed by atoms with van der Waals surface area (Å²) in [6, 6.07) is 0.692. The highest BCUT2D eigenvalue weighted by Crippen LogP contribution is 2.17. The Labute approximate surface area is 118 Å². The van der Waals surface area contributed by atoms with Crippen molar-refractivity contribution in [2.45, 2.75) is 44.6 Å². The highest BCUT2D eigenvalue weighted by atomic mass is 15.1. The minimum atomic E-state index is 0.692. The SMILES string of the molecule is c1nc(NCCNC2CCCCCC2)c2[nH]cnc2n1. The molecule has 2 aromatic heterocycles. The van der Waals surface area contributed by atoms with Crippen molar-refractivity contribution in [3.63, 3.8) is 0 Å². The third-order valence-corrected chi connectivity index (χ3v) is 3.93. The Morgan fingerprint density at radius 3 is 2.75 bits per heavy atom. The molecule has 0 aliphatic heterocycles. The molecule has 3 rings (SSSR count). The fraction of sp³-hybridized carbons (Fsp3) is 0.643. The van der Waals surface area contributed by atoms with Gasteiger partial charge in [-0.25, -0.2) is 15.0 Å². The maximum absolute atomic E-state index is 4.26. The van der Waals surface area contributed by atoms with E-state index in [4.69, 9.17) is 0 Å². The number of aromatic amines is 1. The minimum Gasteiger partial charge on any atom is -0.367 e. The van der Waals surface area contributed by atoms with E-state index in [1.54, 1.807) is 12.7 Å². The van der Waals surface area contributed by atoms with E-state index in [0.717, 1.165) is 24.4 Å². The Balaban J connectivity index is 1.46. The van der Waals surface area contributed by atoms with Gasteiger partial charge in [0.25, 0.3) is 0 Å². The van der Waals surface area contributed by atoms with Gasteiger partial charge in [-0.3, -0.25) is 0 Å². The lowest BCUT2D eigenvalue weighted by atomic mass is 10.1. The van der Waals surface area contributed by atoms with Gasteiger partial charge in [0.2, 0.25) is 0 Å². The van der Waals surface area contributed by atoms with Gasteiger partial charge in [0.1, 0.15) is 11.8 Å². The average molecular weight is 274 g/mol. The molecule has 20 heavy (non-hydrogen) atoms. The van der Waals surface area contributed by atoms with Crippen molar-refractivity contribution < 1.29 is 0 Å². The highest BCUT2D eigenvalue weighted by Gasteiger charge is 2.11. The third kappa shape index (κ3) is 3.25. The van der Waals surface area contributed by atoms with Crippen molar-refractivity contribution in [2.24, 2.45) is 0 Å². The van der Waals surface area contributed by atoms with Crippen LogP contribution in [0.4, 0.5) is 5.82 Å². The molecular formula is C14H22N6. The van der Waals surface area contributed by atoms with E-state index in [1.165, 1.54) is 38.5 Å². The Morgan fingerprint density at radius 1 is 1.05 bits per heavy atom. The molecule has 0 radical (unpaired) electrons. The van der Waals surface area contributed by atoms with Crippen LogP contribution in [0.2, 0.25) is 0 Å². The van der Waals surface area contributed by atoms with Crippen LogP contribution in [0, 0.1) is 0 Å². The second-order valence-electron chi connectivity index (χ2n) is 5.39. The molecule has 0 saturated heterocycles. The maximum atomic E-state index is 4.26. The Morgan fingerprint density at radius 2 is 1.90 bits per heavy atom. The first-order chi connectivity index (χ1) is 9.93.